The normalized spacial score (nSPS) is 11.1. The first-order chi connectivity index (χ1) is 12.3. The molecule has 0 fully saturated rings. The molecule has 0 aliphatic heterocycles. The van der Waals surface area contributed by atoms with Crippen molar-refractivity contribution in [2.75, 3.05) is 11.9 Å². The van der Waals surface area contributed by atoms with E-state index in [4.69, 9.17) is 0 Å². The molecule has 126 valence electrons. The molecule has 4 rings (SSSR count). The Labute approximate surface area is 148 Å². The van der Waals surface area contributed by atoms with Crippen molar-refractivity contribution < 1.29 is 0 Å². The van der Waals surface area contributed by atoms with Gasteiger partial charge in [-0.05, 0) is 6.42 Å². The van der Waals surface area contributed by atoms with Crippen LogP contribution in [0.4, 0.5) is 5.82 Å². The first-order valence-electron chi connectivity index (χ1n) is 8.12. The van der Waals surface area contributed by atoms with E-state index in [1.165, 1.54) is 0 Å². The van der Waals surface area contributed by atoms with Crippen molar-refractivity contribution in [3.63, 3.8) is 0 Å². The second-order valence-electron chi connectivity index (χ2n) is 5.50. The molecule has 4 aromatic heterocycles. The molecule has 0 saturated heterocycles. The van der Waals surface area contributed by atoms with Gasteiger partial charge in [-0.25, -0.2) is 9.97 Å². The number of nitrogens with one attached hydrogen (secondary N) is 1. The minimum Gasteiger partial charge on any atom is -0.370 e. The fourth-order valence-corrected chi connectivity index (χ4v) is 3.35. The Morgan fingerprint density at radius 3 is 2.96 bits per heavy atom. The van der Waals surface area contributed by atoms with Crippen LogP contribution in [0, 0.1) is 0 Å². The predicted octanol–water partition coefficient (Wildman–Crippen LogP) is 2.86. The molecule has 0 saturated carbocycles. The molecule has 8 heteroatoms. The maximum atomic E-state index is 4.64. The molecular weight excluding hydrogens is 334 g/mol. The zero-order chi connectivity index (χ0) is 17.1. The molecule has 0 radical (unpaired) electrons. The number of anilines is 1. The predicted molar refractivity (Wildman–Crippen MR) is 97.7 cm³/mol. The standard InChI is InChI=1S/C17H17N7S/c1-2-12-9-16(24-15(22-12)4-6-21-24)20-5-3-13-11-25-17(23-13)14-10-18-7-8-19-14/h4,6-11,20H,2-3,5H2,1H3. The van der Waals surface area contributed by atoms with Crippen molar-refractivity contribution in [2.45, 2.75) is 19.8 Å². The third kappa shape index (κ3) is 3.34. The van der Waals surface area contributed by atoms with E-state index in [1.54, 1.807) is 36.1 Å². The molecule has 25 heavy (non-hydrogen) atoms. The molecule has 0 aliphatic carbocycles. The summed E-state index contributed by atoms with van der Waals surface area (Å²) in [5.74, 6) is 0.955. The summed E-state index contributed by atoms with van der Waals surface area (Å²) < 4.78 is 1.82. The van der Waals surface area contributed by atoms with Crippen molar-refractivity contribution >= 4 is 22.8 Å². The van der Waals surface area contributed by atoms with E-state index >= 15 is 0 Å². The van der Waals surface area contributed by atoms with E-state index in [0.717, 1.165) is 52.9 Å². The minimum atomic E-state index is 0.770. The van der Waals surface area contributed by atoms with Crippen LogP contribution in [-0.2, 0) is 12.8 Å². The van der Waals surface area contributed by atoms with Gasteiger partial charge in [-0.3, -0.25) is 9.97 Å². The van der Waals surface area contributed by atoms with Crippen LogP contribution in [0.5, 0.6) is 0 Å². The lowest BCUT2D eigenvalue weighted by molar-refractivity contribution is 0.888. The summed E-state index contributed by atoms with van der Waals surface area (Å²) in [5.41, 5.74) is 3.76. The molecule has 7 nitrogen and oxygen atoms in total. The van der Waals surface area contributed by atoms with Gasteiger partial charge in [0.2, 0.25) is 0 Å². The topological polar surface area (TPSA) is 80.9 Å². The zero-order valence-electron chi connectivity index (χ0n) is 13.8. The van der Waals surface area contributed by atoms with E-state index in [0.29, 0.717) is 0 Å². The van der Waals surface area contributed by atoms with Gasteiger partial charge in [-0.2, -0.15) is 9.61 Å². The van der Waals surface area contributed by atoms with Gasteiger partial charge in [0, 0.05) is 48.6 Å². The number of thiazole rings is 1. The Balaban J connectivity index is 1.45. The van der Waals surface area contributed by atoms with Crippen LogP contribution in [0.25, 0.3) is 16.3 Å². The highest BCUT2D eigenvalue weighted by molar-refractivity contribution is 7.13. The number of fused-ring (bicyclic) bond motifs is 1. The van der Waals surface area contributed by atoms with Crippen LogP contribution in [0.2, 0.25) is 0 Å². The van der Waals surface area contributed by atoms with E-state index in [2.05, 4.69) is 42.7 Å². The molecule has 0 bridgehead atoms. The molecule has 1 N–H and O–H groups in total. The summed E-state index contributed by atoms with van der Waals surface area (Å²) in [5, 5.41) is 10.7. The number of aromatic nitrogens is 6. The van der Waals surface area contributed by atoms with E-state index < -0.39 is 0 Å². The second kappa shape index (κ2) is 6.94. The summed E-state index contributed by atoms with van der Waals surface area (Å²) in [6.45, 7) is 2.87. The van der Waals surface area contributed by atoms with Gasteiger partial charge in [0.15, 0.2) is 5.65 Å². The first kappa shape index (κ1) is 15.6. The van der Waals surface area contributed by atoms with Crippen LogP contribution < -0.4 is 5.32 Å². The van der Waals surface area contributed by atoms with Crippen LogP contribution in [0.15, 0.2) is 42.3 Å². The molecule has 4 aromatic rings. The fraction of sp³-hybridized carbons (Fsp3) is 0.235. The van der Waals surface area contributed by atoms with Crippen molar-refractivity contribution in [1.82, 2.24) is 29.5 Å². The van der Waals surface area contributed by atoms with Gasteiger partial charge in [0.1, 0.15) is 16.5 Å². The number of aryl methyl sites for hydroxylation is 1. The lowest BCUT2D eigenvalue weighted by Crippen LogP contribution is -2.10. The van der Waals surface area contributed by atoms with Crippen LogP contribution in [0.1, 0.15) is 18.3 Å². The SMILES string of the molecule is CCc1cc(NCCc2csc(-c3cnccn3)n2)n2nccc2n1. The van der Waals surface area contributed by atoms with Gasteiger partial charge < -0.3 is 5.32 Å². The van der Waals surface area contributed by atoms with Crippen molar-refractivity contribution in [3.05, 3.63) is 53.7 Å². The molecule has 0 aliphatic rings. The number of rotatable bonds is 6. The average molecular weight is 351 g/mol. The highest BCUT2D eigenvalue weighted by Gasteiger charge is 2.08. The third-order valence-corrected chi connectivity index (χ3v) is 4.71. The van der Waals surface area contributed by atoms with Crippen LogP contribution in [-0.4, -0.2) is 36.1 Å². The summed E-state index contributed by atoms with van der Waals surface area (Å²) in [6, 6.07) is 3.96. The highest BCUT2D eigenvalue weighted by Crippen LogP contribution is 2.21. The lowest BCUT2D eigenvalue weighted by Gasteiger charge is -2.09. The summed E-state index contributed by atoms with van der Waals surface area (Å²) in [7, 11) is 0. The lowest BCUT2D eigenvalue weighted by atomic mass is 10.3. The van der Waals surface area contributed by atoms with Gasteiger partial charge in [-0.15, -0.1) is 11.3 Å². The van der Waals surface area contributed by atoms with Crippen molar-refractivity contribution in [2.24, 2.45) is 0 Å². The van der Waals surface area contributed by atoms with Gasteiger partial charge in [-0.1, -0.05) is 6.92 Å². The Hall–Kier alpha value is -2.87. The smallest absolute Gasteiger partial charge is 0.157 e. The zero-order valence-corrected chi connectivity index (χ0v) is 14.6. The Bertz CT molecular complexity index is 977. The number of hydrogen-bond acceptors (Lipinski definition) is 7. The molecule has 0 atom stereocenters. The van der Waals surface area contributed by atoms with Crippen LogP contribution in [0.3, 0.4) is 0 Å². The van der Waals surface area contributed by atoms with Crippen molar-refractivity contribution in [1.29, 1.82) is 0 Å². The second-order valence-corrected chi connectivity index (χ2v) is 6.36. The molecular formula is C17H17N7S. The van der Waals surface area contributed by atoms with Crippen LogP contribution >= 0.6 is 11.3 Å². The Morgan fingerprint density at radius 1 is 1.16 bits per heavy atom. The van der Waals surface area contributed by atoms with Gasteiger partial charge >= 0.3 is 0 Å². The number of hydrogen-bond donors (Lipinski definition) is 1. The minimum absolute atomic E-state index is 0.770. The molecule has 0 aromatic carbocycles. The summed E-state index contributed by atoms with van der Waals surface area (Å²) >= 11 is 1.59. The maximum absolute atomic E-state index is 4.64. The first-order valence-corrected chi connectivity index (χ1v) is 9.00. The highest BCUT2D eigenvalue weighted by atomic mass is 32.1. The largest absolute Gasteiger partial charge is 0.370 e. The third-order valence-electron chi connectivity index (χ3n) is 3.80. The molecule has 0 unspecified atom stereocenters. The number of nitrogens with zero attached hydrogens (tertiary/aromatic N) is 6. The summed E-state index contributed by atoms with van der Waals surface area (Å²) in [4.78, 5) is 17.6. The van der Waals surface area contributed by atoms with E-state index in [-0.39, 0.29) is 0 Å². The fourth-order valence-electron chi connectivity index (χ4n) is 2.54. The van der Waals surface area contributed by atoms with Gasteiger partial charge in [0.25, 0.3) is 0 Å². The quantitative estimate of drug-likeness (QED) is 0.575. The van der Waals surface area contributed by atoms with Crippen molar-refractivity contribution in [3.8, 4) is 10.7 Å². The molecule has 0 amide bonds. The van der Waals surface area contributed by atoms with Gasteiger partial charge in [0.05, 0.1) is 18.1 Å². The average Bonchev–Trinajstić information content (AvgIpc) is 3.31. The molecule has 0 spiro atoms. The monoisotopic (exact) mass is 351 g/mol. The Kier molecular flexibility index (Phi) is 4.34. The Morgan fingerprint density at radius 2 is 2.12 bits per heavy atom. The molecule has 4 heterocycles. The van der Waals surface area contributed by atoms with E-state index in [1.807, 2.05) is 16.6 Å². The maximum Gasteiger partial charge on any atom is 0.157 e. The summed E-state index contributed by atoms with van der Waals surface area (Å²) in [6.07, 6.45) is 8.56. The van der Waals surface area contributed by atoms with E-state index in [9.17, 15) is 0 Å².